The molecule has 0 aromatic carbocycles. The molecule has 0 saturated heterocycles. The van der Waals surface area contributed by atoms with E-state index in [9.17, 15) is 4.79 Å². The van der Waals surface area contributed by atoms with Crippen molar-refractivity contribution in [1.82, 2.24) is 10.2 Å². The van der Waals surface area contributed by atoms with E-state index in [1.807, 2.05) is 0 Å². The van der Waals surface area contributed by atoms with Crippen LogP contribution in [0.3, 0.4) is 0 Å². The quantitative estimate of drug-likeness (QED) is 0.491. The van der Waals surface area contributed by atoms with Crippen molar-refractivity contribution in [2.45, 2.75) is 33.1 Å². The number of unbranched alkanes of at least 4 members (excludes halogenated alkanes) is 2. The van der Waals surface area contributed by atoms with E-state index in [0.29, 0.717) is 5.57 Å². The molecule has 0 radical (unpaired) electrons. The lowest BCUT2D eigenvalue weighted by Crippen LogP contribution is -2.25. The highest BCUT2D eigenvalue weighted by Crippen LogP contribution is 1.96. The van der Waals surface area contributed by atoms with Crippen molar-refractivity contribution in [2.24, 2.45) is 0 Å². The maximum Gasteiger partial charge on any atom is 0.246 e. The standard InChI is InChI=1S/C12H24N2O/c1-5-14(4)10-8-6-7-9-13-12(15)11(2)3/h2,5-10H2,1,3-4H3,(H,13,15). The zero-order chi connectivity index (χ0) is 11.7. The number of hydrogen-bond donors (Lipinski definition) is 1. The summed E-state index contributed by atoms with van der Waals surface area (Å²) in [5, 5.41) is 2.83. The lowest BCUT2D eigenvalue weighted by molar-refractivity contribution is -0.117. The molecular weight excluding hydrogens is 188 g/mol. The first kappa shape index (κ1) is 14.2. The lowest BCUT2D eigenvalue weighted by atomic mass is 10.2. The van der Waals surface area contributed by atoms with Crippen molar-refractivity contribution in [3.8, 4) is 0 Å². The smallest absolute Gasteiger partial charge is 0.246 e. The van der Waals surface area contributed by atoms with Crippen molar-refractivity contribution in [3.05, 3.63) is 12.2 Å². The van der Waals surface area contributed by atoms with Gasteiger partial charge in [0, 0.05) is 12.1 Å². The van der Waals surface area contributed by atoms with Gasteiger partial charge in [0.15, 0.2) is 0 Å². The molecule has 0 bridgehead atoms. The fourth-order valence-electron chi connectivity index (χ4n) is 1.19. The van der Waals surface area contributed by atoms with E-state index >= 15 is 0 Å². The summed E-state index contributed by atoms with van der Waals surface area (Å²) in [5.74, 6) is -0.0272. The van der Waals surface area contributed by atoms with Crippen LogP contribution in [0.4, 0.5) is 0 Å². The summed E-state index contributed by atoms with van der Waals surface area (Å²) >= 11 is 0. The van der Waals surface area contributed by atoms with Crippen LogP contribution in [0, 0.1) is 0 Å². The maximum atomic E-state index is 11.1. The van der Waals surface area contributed by atoms with E-state index in [-0.39, 0.29) is 5.91 Å². The molecule has 0 rings (SSSR count). The van der Waals surface area contributed by atoms with Gasteiger partial charge in [-0.2, -0.15) is 0 Å². The Balaban J connectivity index is 3.25. The van der Waals surface area contributed by atoms with Crippen LogP contribution < -0.4 is 5.32 Å². The number of rotatable bonds is 8. The summed E-state index contributed by atoms with van der Waals surface area (Å²) in [7, 11) is 2.13. The van der Waals surface area contributed by atoms with Gasteiger partial charge in [-0.05, 0) is 39.9 Å². The van der Waals surface area contributed by atoms with Crippen LogP contribution in [0.15, 0.2) is 12.2 Å². The SMILES string of the molecule is C=C(C)C(=O)NCCCCCN(C)CC. The molecule has 0 aliphatic carbocycles. The number of nitrogens with one attached hydrogen (secondary N) is 1. The second-order valence-electron chi connectivity index (χ2n) is 3.99. The van der Waals surface area contributed by atoms with Gasteiger partial charge in [0.05, 0.1) is 0 Å². The molecule has 0 aliphatic rings. The number of carbonyl (C=O) groups excluding carboxylic acids is 1. The highest BCUT2D eigenvalue weighted by Gasteiger charge is 1.99. The normalized spacial score (nSPS) is 10.4. The van der Waals surface area contributed by atoms with Gasteiger partial charge in [0.1, 0.15) is 0 Å². The Morgan fingerprint density at radius 2 is 2.00 bits per heavy atom. The summed E-state index contributed by atoms with van der Waals surface area (Å²) < 4.78 is 0. The highest BCUT2D eigenvalue weighted by atomic mass is 16.1. The van der Waals surface area contributed by atoms with Gasteiger partial charge in [-0.25, -0.2) is 0 Å². The van der Waals surface area contributed by atoms with Crippen molar-refractivity contribution in [1.29, 1.82) is 0 Å². The molecule has 0 fully saturated rings. The van der Waals surface area contributed by atoms with Crippen molar-refractivity contribution < 1.29 is 4.79 Å². The molecule has 0 heterocycles. The lowest BCUT2D eigenvalue weighted by Gasteiger charge is -2.13. The predicted molar refractivity (Wildman–Crippen MR) is 64.8 cm³/mol. The number of nitrogens with zero attached hydrogens (tertiary/aromatic N) is 1. The van der Waals surface area contributed by atoms with Gasteiger partial charge < -0.3 is 10.2 Å². The third-order valence-corrected chi connectivity index (χ3v) is 2.43. The van der Waals surface area contributed by atoms with Gasteiger partial charge in [-0.15, -0.1) is 0 Å². The summed E-state index contributed by atoms with van der Waals surface area (Å²) in [6, 6.07) is 0. The third-order valence-electron chi connectivity index (χ3n) is 2.43. The molecule has 3 heteroatoms. The Bertz CT molecular complexity index is 202. The second kappa shape index (κ2) is 8.48. The minimum absolute atomic E-state index is 0.0272. The zero-order valence-corrected chi connectivity index (χ0v) is 10.3. The third kappa shape index (κ3) is 8.18. The summed E-state index contributed by atoms with van der Waals surface area (Å²) in [6.07, 6.45) is 3.42. The average Bonchev–Trinajstić information content (AvgIpc) is 2.22. The van der Waals surface area contributed by atoms with E-state index in [0.717, 1.165) is 26.1 Å². The Hall–Kier alpha value is -0.830. The minimum Gasteiger partial charge on any atom is -0.352 e. The molecule has 0 aliphatic heterocycles. The molecule has 0 atom stereocenters. The highest BCUT2D eigenvalue weighted by molar-refractivity contribution is 5.91. The molecular formula is C12H24N2O. The van der Waals surface area contributed by atoms with Crippen LogP contribution in [-0.2, 0) is 4.79 Å². The topological polar surface area (TPSA) is 32.3 Å². The maximum absolute atomic E-state index is 11.1. The second-order valence-corrected chi connectivity index (χ2v) is 3.99. The number of hydrogen-bond acceptors (Lipinski definition) is 2. The van der Waals surface area contributed by atoms with Crippen molar-refractivity contribution in [2.75, 3.05) is 26.7 Å². The van der Waals surface area contributed by atoms with Crippen molar-refractivity contribution in [3.63, 3.8) is 0 Å². The molecule has 15 heavy (non-hydrogen) atoms. The van der Waals surface area contributed by atoms with E-state index in [1.54, 1.807) is 6.92 Å². The molecule has 0 saturated carbocycles. The van der Waals surface area contributed by atoms with Gasteiger partial charge >= 0.3 is 0 Å². The van der Waals surface area contributed by atoms with Crippen LogP contribution in [0.5, 0.6) is 0 Å². The zero-order valence-electron chi connectivity index (χ0n) is 10.3. The van der Waals surface area contributed by atoms with E-state index < -0.39 is 0 Å². The first-order valence-corrected chi connectivity index (χ1v) is 5.70. The van der Waals surface area contributed by atoms with Gasteiger partial charge in [-0.3, -0.25) is 4.79 Å². The predicted octanol–water partition coefficient (Wildman–Crippen LogP) is 1.80. The van der Waals surface area contributed by atoms with E-state index in [2.05, 4.69) is 30.8 Å². The average molecular weight is 212 g/mol. The fraction of sp³-hybridized carbons (Fsp3) is 0.750. The molecule has 0 aromatic rings. The van der Waals surface area contributed by atoms with Crippen LogP contribution in [0.25, 0.3) is 0 Å². The van der Waals surface area contributed by atoms with Gasteiger partial charge in [0.25, 0.3) is 0 Å². The monoisotopic (exact) mass is 212 g/mol. The van der Waals surface area contributed by atoms with Crippen LogP contribution >= 0.6 is 0 Å². The van der Waals surface area contributed by atoms with Gasteiger partial charge in [0.2, 0.25) is 5.91 Å². The first-order valence-electron chi connectivity index (χ1n) is 5.70. The van der Waals surface area contributed by atoms with Crippen molar-refractivity contribution >= 4 is 5.91 Å². The number of amides is 1. The molecule has 0 unspecified atom stereocenters. The van der Waals surface area contributed by atoms with Gasteiger partial charge in [-0.1, -0.05) is 19.9 Å². The summed E-state index contributed by atoms with van der Waals surface area (Å²) in [4.78, 5) is 13.4. The Labute approximate surface area is 93.5 Å². The van der Waals surface area contributed by atoms with E-state index in [4.69, 9.17) is 0 Å². The molecule has 88 valence electrons. The van der Waals surface area contributed by atoms with Crippen LogP contribution in [0.2, 0.25) is 0 Å². The van der Waals surface area contributed by atoms with E-state index in [1.165, 1.54) is 12.8 Å². The summed E-state index contributed by atoms with van der Waals surface area (Å²) in [5.41, 5.74) is 0.584. The largest absolute Gasteiger partial charge is 0.352 e. The fourth-order valence-corrected chi connectivity index (χ4v) is 1.19. The Morgan fingerprint density at radius 1 is 1.33 bits per heavy atom. The minimum atomic E-state index is -0.0272. The molecule has 0 aromatic heterocycles. The molecule has 0 spiro atoms. The Kier molecular flexibility index (Phi) is 8.01. The van der Waals surface area contributed by atoms with Crippen LogP contribution in [-0.4, -0.2) is 37.5 Å². The summed E-state index contributed by atoms with van der Waals surface area (Å²) in [6.45, 7) is 10.5. The Morgan fingerprint density at radius 3 is 2.53 bits per heavy atom. The molecule has 3 nitrogen and oxygen atoms in total. The number of carbonyl (C=O) groups is 1. The first-order chi connectivity index (χ1) is 7.07. The molecule has 1 N–H and O–H groups in total. The molecule has 1 amide bonds. The van der Waals surface area contributed by atoms with Crippen LogP contribution in [0.1, 0.15) is 33.1 Å².